The Balaban J connectivity index is 2.60. The van der Waals surface area contributed by atoms with Crippen molar-refractivity contribution in [2.45, 2.75) is 0 Å². The van der Waals surface area contributed by atoms with Gasteiger partial charge in [0, 0.05) is 27.2 Å². The van der Waals surface area contributed by atoms with E-state index in [1.54, 1.807) is 18.2 Å². The molecule has 0 saturated carbocycles. The van der Waals surface area contributed by atoms with Gasteiger partial charge in [-0.1, -0.05) is 59.1 Å². The van der Waals surface area contributed by atoms with Crippen LogP contribution in [0.5, 0.6) is 0 Å². The molecule has 2 aromatic rings. The molecule has 0 aliphatic carbocycles. The second-order valence-electron chi connectivity index (χ2n) is 3.02. The van der Waals surface area contributed by atoms with E-state index in [-0.39, 0.29) is 0 Å². The number of rotatable bonds is 1. The first-order valence-electron chi connectivity index (χ1n) is 4.30. The quantitative estimate of drug-likeness (QED) is 0.665. The molecular formula is C12H6Cl3. The van der Waals surface area contributed by atoms with E-state index < -0.39 is 0 Å². The van der Waals surface area contributed by atoms with Gasteiger partial charge >= 0.3 is 0 Å². The van der Waals surface area contributed by atoms with Crippen molar-refractivity contribution in [3.8, 4) is 11.1 Å². The lowest BCUT2D eigenvalue weighted by Gasteiger charge is -2.06. The Kier molecular flexibility index (Phi) is 3.20. The highest BCUT2D eigenvalue weighted by Gasteiger charge is 2.07. The van der Waals surface area contributed by atoms with Crippen LogP contribution in [-0.4, -0.2) is 0 Å². The van der Waals surface area contributed by atoms with Gasteiger partial charge in [-0.15, -0.1) is 0 Å². The van der Waals surface area contributed by atoms with E-state index >= 15 is 0 Å². The molecular weight excluding hydrogens is 250 g/mol. The molecule has 0 nitrogen and oxygen atoms in total. The Hall–Kier alpha value is -0.690. The SMILES string of the molecule is Clc1ccc(-c2ccc[c]c2Cl)c(Cl)c1. The summed E-state index contributed by atoms with van der Waals surface area (Å²) in [5.41, 5.74) is 1.73. The molecule has 0 bridgehead atoms. The highest BCUT2D eigenvalue weighted by Crippen LogP contribution is 2.34. The molecule has 0 saturated heterocycles. The lowest BCUT2D eigenvalue weighted by Crippen LogP contribution is -1.81. The molecule has 0 atom stereocenters. The van der Waals surface area contributed by atoms with Gasteiger partial charge in [0.25, 0.3) is 0 Å². The van der Waals surface area contributed by atoms with Gasteiger partial charge in [-0.2, -0.15) is 0 Å². The van der Waals surface area contributed by atoms with Crippen molar-refractivity contribution in [2.24, 2.45) is 0 Å². The summed E-state index contributed by atoms with van der Waals surface area (Å²) in [5.74, 6) is 0. The lowest BCUT2D eigenvalue weighted by atomic mass is 10.1. The molecule has 0 aliphatic rings. The van der Waals surface area contributed by atoms with Gasteiger partial charge in [0.2, 0.25) is 0 Å². The molecule has 3 heteroatoms. The zero-order valence-corrected chi connectivity index (χ0v) is 9.87. The molecule has 2 rings (SSSR count). The van der Waals surface area contributed by atoms with Gasteiger partial charge in [-0.3, -0.25) is 0 Å². The van der Waals surface area contributed by atoms with Gasteiger partial charge in [0.05, 0.1) is 5.02 Å². The molecule has 0 N–H and O–H groups in total. The van der Waals surface area contributed by atoms with Crippen molar-refractivity contribution in [1.82, 2.24) is 0 Å². The predicted octanol–water partition coefficient (Wildman–Crippen LogP) is 5.11. The molecule has 1 radical (unpaired) electrons. The standard InChI is InChI=1S/C12H6Cl3/c13-8-5-6-10(12(15)7-8)9-3-1-2-4-11(9)14/h1-3,5-7H. The molecule has 0 unspecified atom stereocenters. The average Bonchev–Trinajstić information content (AvgIpc) is 2.20. The molecule has 0 spiro atoms. The predicted molar refractivity (Wildman–Crippen MR) is 65.7 cm³/mol. The van der Waals surface area contributed by atoms with Crippen LogP contribution >= 0.6 is 34.8 Å². The van der Waals surface area contributed by atoms with Crippen LogP contribution < -0.4 is 0 Å². The molecule has 0 heterocycles. The minimum Gasteiger partial charge on any atom is -0.0843 e. The van der Waals surface area contributed by atoms with E-state index in [0.717, 1.165) is 11.1 Å². The largest absolute Gasteiger partial charge is 0.0843 e. The summed E-state index contributed by atoms with van der Waals surface area (Å²) >= 11 is 17.9. The zero-order valence-electron chi connectivity index (χ0n) is 7.60. The topological polar surface area (TPSA) is 0 Å². The van der Waals surface area contributed by atoms with E-state index in [9.17, 15) is 0 Å². The smallest absolute Gasteiger partial charge is 0.0563 e. The van der Waals surface area contributed by atoms with Gasteiger partial charge in [0.15, 0.2) is 0 Å². The maximum atomic E-state index is 6.08. The van der Waals surface area contributed by atoms with Crippen LogP contribution in [0.1, 0.15) is 0 Å². The van der Waals surface area contributed by atoms with Gasteiger partial charge in [-0.25, -0.2) is 0 Å². The third kappa shape index (κ3) is 2.28. The molecule has 15 heavy (non-hydrogen) atoms. The summed E-state index contributed by atoms with van der Waals surface area (Å²) in [7, 11) is 0. The first-order chi connectivity index (χ1) is 7.18. The normalized spacial score (nSPS) is 10.3. The summed E-state index contributed by atoms with van der Waals surface area (Å²) in [6, 6.07) is 13.8. The summed E-state index contributed by atoms with van der Waals surface area (Å²) in [4.78, 5) is 0. The second kappa shape index (κ2) is 4.44. The lowest BCUT2D eigenvalue weighted by molar-refractivity contribution is 1.61. The Labute approximate surface area is 103 Å². The van der Waals surface area contributed by atoms with Crippen molar-refractivity contribution in [1.29, 1.82) is 0 Å². The fourth-order valence-corrected chi connectivity index (χ4v) is 2.07. The third-order valence-electron chi connectivity index (χ3n) is 2.03. The highest BCUT2D eigenvalue weighted by atomic mass is 35.5. The van der Waals surface area contributed by atoms with E-state index in [2.05, 4.69) is 6.07 Å². The molecule has 0 fully saturated rings. The van der Waals surface area contributed by atoms with Gasteiger partial charge in [-0.05, 0) is 12.1 Å². The van der Waals surface area contributed by atoms with Crippen molar-refractivity contribution in [2.75, 3.05) is 0 Å². The van der Waals surface area contributed by atoms with E-state index in [0.29, 0.717) is 15.1 Å². The third-order valence-corrected chi connectivity index (χ3v) is 2.89. The van der Waals surface area contributed by atoms with Gasteiger partial charge < -0.3 is 0 Å². The van der Waals surface area contributed by atoms with E-state index in [4.69, 9.17) is 34.8 Å². The van der Waals surface area contributed by atoms with E-state index in [1.807, 2.05) is 18.2 Å². The minimum atomic E-state index is 0.557. The summed E-state index contributed by atoms with van der Waals surface area (Å²) in [5, 5.41) is 1.76. The molecule has 0 amide bonds. The Morgan fingerprint density at radius 2 is 1.73 bits per heavy atom. The Bertz CT molecular complexity index is 492. The van der Waals surface area contributed by atoms with Crippen LogP contribution in [0, 0.1) is 6.07 Å². The van der Waals surface area contributed by atoms with Crippen LogP contribution in [-0.2, 0) is 0 Å². The van der Waals surface area contributed by atoms with Crippen molar-refractivity contribution < 1.29 is 0 Å². The fourth-order valence-electron chi connectivity index (χ4n) is 1.33. The first kappa shape index (κ1) is 10.8. The zero-order chi connectivity index (χ0) is 10.8. The highest BCUT2D eigenvalue weighted by molar-refractivity contribution is 6.38. The minimum absolute atomic E-state index is 0.557. The Morgan fingerprint density at radius 1 is 0.933 bits per heavy atom. The summed E-state index contributed by atoms with van der Waals surface area (Å²) in [6.07, 6.45) is 0. The molecule has 2 aromatic carbocycles. The number of benzene rings is 2. The molecule has 75 valence electrons. The summed E-state index contributed by atoms with van der Waals surface area (Å²) < 4.78 is 0. The monoisotopic (exact) mass is 255 g/mol. The van der Waals surface area contributed by atoms with Crippen LogP contribution in [0.15, 0.2) is 36.4 Å². The van der Waals surface area contributed by atoms with Crippen LogP contribution in [0.25, 0.3) is 11.1 Å². The van der Waals surface area contributed by atoms with Crippen LogP contribution in [0.2, 0.25) is 15.1 Å². The maximum absolute atomic E-state index is 6.08. The van der Waals surface area contributed by atoms with Crippen molar-refractivity contribution in [3.63, 3.8) is 0 Å². The number of hydrogen-bond donors (Lipinski definition) is 0. The second-order valence-corrected chi connectivity index (χ2v) is 4.24. The average molecular weight is 257 g/mol. The van der Waals surface area contributed by atoms with Gasteiger partial charge in [0.1, 0.15) is 0 Å². The summed E-state index contributed by atoms with van der Waals surface area (Å²) in [6.45, 7) is 0. The van der Waals surface area contributed by atoms with Crippen LogP contribution in [0.4, 0.5) is 0 Å². The number of halogens is 3. The molecule has 0 aliphatic heterocycles. The molecule has 0 aromatic heterocycles. The Morgan fingerprint density at radius 3 is 2.40 bits per heavy atom. The maximum Gasteiger partial charge on any atom is 0.0563 e. The van der Waals surface area contributed by atoms with Crippen LogP contribution in [0.3, 0.4) is 0 Å². The van der Waals surface area contributed by atoms with Crippen molar-refractivity contribution >= 4 is 34.8 Å². The number of hydrogen-bond acceptors (Lipinski definition) is 0. The fraction of sp³-hybridized carbons (Fsp3) is 0. The van der Waals surface area contributed by atoms with E-state index in [1.165, 1.54) is 0 Å². The first-order valence-corrected chi connectivity index (χ1v) is 5.43. The van der Waals surface area contributed by atoms with Crippen molar-refractivity contribution in [3.05, 3.63) is 57.5 Å².